The molecular formula is C23H19NO3S. The third-order valence-corrected chi connectivity index (χ3v) is 6.59. The molecule has 3 aromatic carbocycles. The van der Waals surface area contributed by atoms with Crippen LogP contribution < -0.4 is 0 Å². The second-order valence-corrected chi connectivity index (χ2v) is 8.50. The summed E-state index contributed by atoms with van der Waals surface area (Å²) in [5.74, 6) is -0.543. The molecule has 4 rings (SSSR count). The maximum Gasteiger partial charge on any atom is 0.271 e. The van der Waals surface area contributed by atoms with Gasteiger partial charge in [0.25, 0.3) is 10.0 Å². The Hall–Kier alpha value is -3.18. The third-order valence-electron chi connectivity index (χ3n) is 4.76. The molecule has 0 unspecified atom stereocenters. The molecule has 0 radical (unpaired) electrons. The average Bonchev–Trinajstić information content (AvgIpc) is 2.68. The molecule has 1 amide bonds. The van der Waals surface area contributed by atoms with Gasteiger partial charge in [-0.25, -0.2) is 12.7 Å². The van der Waals surface area contributed by atoms with Gasteiger partial charge in [0.15, 0.2) is 0 Å². The van der Waals surface area contributed by atoms with Gasteiger partial charge in [0.1, 0.15) is 0 Å². The summed E-state index contributed by atoms with van der Waals surface area (Å²) in [6.07, 6.45) is 0. The molecule has 28 heavy (non-hydrogen) atoms. The fourth-order valence-corrected chi connectivity index (χ4v) is 5.24. The fraction of sp³-hybridized carbons (Fsp3) is 0.0870. The van der Waals surface area contributed by atoms with E-state index in [9.17, 15) is 13.2 Å². The van der Waals surface area contributed by atoms with Gasteiger partial charge < -0.3 is 0 Å². The number of nitrogens with zero attached hydrogens (tertiary/aromatic N) is 1. The number of rotatable bonds is 2. The first-order valence-corrected chi connectivity index (χ1v) is 10.4. The second-order valence-electron chi connectivity index (χ2n) is 6.74. The predicted octanol–water partition coefficient (Wildman–Crippen LogP) is 4.46. The molecule has 0 aromatic heterocycles. The quantitative estimate of drug-likeness (QED) is 0.650. The molecule has 0 bridgehead atoms. The summed E-state index contributed by atoms with van der Waals surface area (Å²) in [6, 6.07) is 24.0. The van der Waals surface area contributed by atoms with Crippen LogP contribution in [0.1, 0.15) is 29.2 Å². The molecule has 1 heterocycles. The number of benzene rings is 3. The van der Waals surface area contributed by atoms with Crippen molar-refractivity contribution in [1.29, 1.82) is 0 Å². The normalized spacial score (nSPS) is 15.3. The molecule has 1 aliphatic rings. The summed E-state index contributed by atoms with van der Waals surface area (Å²) in [5.41, 5.74) is 4.21. The van der Waals surface area contributed by atoms with Crippen molar-refractivity contribution in [1.82, 2.24) is 4.31 Å². The fourth-order valence-electron chi connectivity index (χ4n) is 3.59. The van der Waals surface area contributed by atoms with Crippen LogP contribution in [0.2, 0.25) is 0 Å². The lowest BCUT2D eigenvalue weighted by Gasteiger charge is -2.33. The number of carbonyl (C=O) groups excluding carboxylic acids is 1. The molecule has 0 saturated carbocycles. The highest BCUT2D eigenvalue weighted by Crippen LogP contribution is 2.44. The summed E-state index contributed by atoms with van der Waals surface area (Å²) < 4.78 is 27.7. The average molecular weight is 389 g/mol. The maximum absolute atomic E-state index is 13.4. The molecule has 140 valence electrons. The lowest BCUT2D eigenvalue weighted by atomic mass is 9.92. The number of hydrogen-bond donors (Lipinski definition) is 0. The molecule has 0 spiro atoms. The van der Waals surface area contributed by atoms with Gasteiger partial charge in [-0.3, -0.25) is 4.79 Å². The van der Waals surface area contributed by atoms with Gasteiger partial charge in [0.2, 0.25) is 5.91 Å². The van der Waals surface area contributed by atoms with E-state index in [1.165, 1.54) is 6.92 Å². The van der Waals surface area contributed by atoms with Crippen LogP contribution in [0.5, 0.6) is 0 Å². The Balaban J connectivity index is 2.21. The monoisotopic (exact) mass is 389 g/mol. The van der Waals surface area contributed by atoms with E-state index < -0.39 is 15.9 Å². The van der Waals surface area contributed by atoms with Crippen LogP contribution >= 0.6 is 0 Å². The lowest BCUT2D eigenvalue weighted by Crippen LogP contribution is -2.37. The zero-order chi connectivity index (χ0) is 19.9. The molecular weight excluding hydrogens is 370 g/mol. The minimum atomic E-state index is -4.01. The number of fused-ring (bicyclic) bond motifs is 1. The molecule has 3 aromatic rings. The third kappa shape index (κ3) is 2.84. The summed E-state index contributed by atoms with van der Waals surface area (Å²) in [6.45, 7) is 3.21. The molecule has 1 aliphatic heterocycles. The van der Waals surface area contributed by atoms with Gasteiger partial charge in [0.05, 0.1) is 10.6 Å². The number of carbonyl (C=O) groups is 1. The summed E-state index contributed by atoms with van der Waals surface area (Å²) in [5, 5.41) is 0. The summed E-state index contributed by atoms with van der Waals surface area (Å²) in [7, 11) is -4.01. The highest BCUT2D eigenvalue weighted by atomic mass is 32.2. The first-order valence-electron chi connectivity index (χ1n) is 8.93. The van der Waals surface area contributed by atoms with Crippen molar-refractivity contribution in [2.45, 2.75) is 18.7 Å². The first kappa shape index (κ1) is 18.2. The van der Waals surface area contributed by atoms with E-state index in [4.69, 9.17) is 0 Å². The standard InChI is InChI=1S/C23H19NO3S/c1-16-13-14-21-20(15-16)22(18-9-5-3-6-10-18)23(19-11-7-4-8-12-19)24(17(2)25)28(21,26)27/h3-15H,1-2H3. The van der Waals surface area contributed by atoms with Crippen LogP contribution in [0.3, 0.4) is 0 Å². The summed E-state index contributed by atoms with van der Waals surface area (Å²) in [4.78, 5) is 12.7. The van der Waals surface area contributed by atoms with Crippen LogP contribution in [0.4, 0.5) is 0 Å². The Morgan fingerprint density at radius 1 is 0.821 bits per heavy atom. The zero-order valence-electron chi connectivity index (χ0n) is 15.6. The topological polar surface area (TPSA) is 54.5 Å². The predicted molar refractivity (Wildman–Crippen MR) is 110 cm³/mol. The van der Waals surface area contributed by atoms with Crippen LogP contribution in [0.15, 0.2) is 83.8 Å². The van der Waals surface area contributed by atoms with Gasteiger partial charge in [-0.1, -0.05) is 72.3 Å². The Kier molecular flexibility index (Phi) is 4.40. The Morgan fingerprint density at radius 3 is 1.96 bits per heavy atom. The van der Waals surface area contributed by atoms with E-state index in [1.54, 1.807) is 12.1 Å². The number of amides is 1. The number of hydrogen-bond acceptors (Lipinski definition) is 3. The molecule has 0 saturated heterocycles. The highest BCUT2D eigenvalue weighted by Gasteiger charge is 2.40. The van der Waals surface area contributed by atoms with Gasteiger partial charge in [-0.15, -0.1) is 0 Å². The zero-order valence-corrected chi connectivity index (χ0v) is 16.4. The summed E-state index contributed by atoms with van der Waals surface area (Å²) >= 11 is 0. The number of sulfonamides is 1. The Labute approximate surface area is 164 Å². The van der Waals surface area contributed by atoms with Crippen molar-refractivity contribution in [2.24, 2.45) is 0 Å². The minimum absolute atomic E-state index is 0.145. The SMILES string of the molecule is CC(=O)N1C(c2ccccc2)=C(c2ccccc2)c2cc(C)ccc2S1(=O)=O. The molecule has 0 N–H and O–H groups in total. The molecule has 0 aliphatic carbocycles. The van der Waals surface area contributed by atoms with Crippen molar-refractivity contribution in [3.63, 3.8) is 0 Å². The molecule has 4 nitrogen and oxygen atoms in total. The van der Waals surface area contributed by atoms with Gasteiger partial charge >= 0.3 is 0 Å². The molecule has 0 fully saturated rings. The van der Waals surface area contributed by atoms with Crippen molar-refractivity contribution in [3.8, 4) is 0 Å². The Morgan fingerprint density at radius 2 is 1.39 bits per heavy atom. The minimum Gasteiger partial charge on any atom is -0.274 e. The van der Waals surface area contributed by atoms with Crippen LogP contribution in [-0.2, 0) is 14.8 Å². The van der Waals surface area contributed by atoms with E-state index in [0.29, 0.717) is 16.8 Å². The van der Waals surface area contributed by atoms with E-state index in [0.717, 1.165) is 21.0 Å². The smallest absolute Gasteiger partial charge is 0.271 e. The van der Waals surface area contributed by atoms with Crippen molar-refractivity contribution in [3.05, 3.63) is 101 Å². The lowest BCUT2D eigenvalue weighted by molar-refractivity contribution is -0.122. The maximum atomic E-state index is 13.4. The van der Waals surface area contributed by atoms with E-state index in [1.807, 2.05) is 73.7 Å². The van der Waals surface area contributed by atoms with Crippen molar-refractivity contribution >= 4 is 27.2 Å². The second kappa shape index (κ2) is 6.77. The van der Waals surface area contributed by atoms with E-state index in [2.05, 4.69) is 0 Å². The van der Waals surface area contributed by atoms with Gasteiger partial charge in [-0.05, 0) is 24.6 Å². The van der Waals surface area contributed by atoms with Crippen LogP contribution in [-0.4, -0.2) is 18.6 Å². The largest absolute Gasteiger partial charge is 0.274 e. The van der Waals surface area contributed by atoms with Crippen LogP contribution in [0.25, 0.3) is 11.3 Å². The first-order chi connectivity index (χ1) is 13.4. The van der Waals surface area contributed by atoms with Gasteiger partial charge in [0, 0.05) is 23.6 Å². The number of aryl methyl sites for hydroxylation is 1. The molecule has 5 heteroatoms. The Bertz CT molecular complexity index is 1200. The van der Waals surface area contributed by atoms with E-state index in [-0.39, 0.29) is 4.90 Å². The van der Waals surface area contributed by atoms with Gasteiger partial charge in [-0.2, -0.15) is 0 Å². The highest BCUT2D eigenvalue weighted by molar-refractivity contribution is 7.90. The van der Waals surface area contributed by atoms with Crippen LogP contribution in [0, 0.1) is 6.92 Å². The van der Waals surface area contributed by atoms with Crippen molar-refractivity contribution in [2.75, 3.05) is 0 Å². The van der Waals surface area contributed by atoms with Crippen molar-refractivity contribution < 1.29 is 13.2 Å². The van der Waals surface area contributed by atoms with E-state index >= 15 is 0 Å². The molecule has 0 atom stereocenters.